The van der Waals surface area contributed by atoms with Gasteiger partial charge in [0.2, 0.25) is 0 Å². The number of hydrogen-bond acceptors (Lipinski definition) is 3. The number of hydrogen-bond donors (Lipinski definition) is 1. The summed E-state index contributed by atoms with van der Waals surface area (Å²) in [7, 11) is 1.82. The minimum Gasteiger partial charge on any atom is -0.378 e. The van der Waals surface area contributed by atoms with Gasteiger partial charge in [0.05, 0.1) is 5.60 Å². The van der Waals surface area contributed by atoms with E-state index in [1.165, 1.54) is 5.56 Å². The molecule has 0 aromatic carbocycles. The summed E-state index contributed by atoms with van der Waals surface area (Å²) >= 11 is 1.76. The van der Waals surface area contributed by atoms with E-state index in [1.807, 2.05) is 7.11 Å². The summed E-state index contributed by atoms with van der Waals surface area (Å²) in [6.45, 7) is 7.74. The smallest absolute Gasteiger partial charge is 0.0731 e. The molecule has 90 valence electrons. The van der Waals surface area contributed by atoms with Crippen molar-refractivity contribution >= 4 is 11.3 Å². The van der Waals surface area contributed by atoms with Gasteiger partial charge in [0.15, 0.2) is 0 Å². The van der Waals surface area contributed by atoms with E-state index in [2.05, 4.69) is 42.9 Å². The summed E-state index contributed by atoms with van der Waals surface area (Å²) in [5, 5.41) is 7.96. The Morgan fingerprint density at radius 3 is 2.75 bits per heavy atom. The molecule has 1 aliphatic carbocycles. The number of rotatable bonds is 4. The summed E-state index contributed by atoms with van der Waals surface area (Å²) in [4.78, 5) is 0. The molecule has 2 rings (SSSR count). The molecule has 3 heteroatoms. The fourth-order valence-electron chi connectivity index (χ4n) is 2.45. The van der Waals surface area contributed by atoms with Crippen LogP contribution in [0.4, 0.5) is 0 Å². The first kappa shape index (κ1) is 12.1. The highest BCUT2D eigenvalue weighted by molar-refractivity contribution is 7.07. The van der Waals surface area contributed by atoms with Crippen molar-refractivity contribution in [3.05, 3.63) is 22.4 Å². The monoisotopic (exact) mass is 239 g/mol. The maximum Gasteiger partial charge on any atom is 0.0731 e. The van der Waals surface area contributed by atoms with Gasteiger partial charge >= 0.3 is 0 Å². The SMILES string of the molecule is COC1(C)CC(NCc2ccsc2)C1(C)C. The minimum atomic E-state index is 0.0271. The average molecular weight is 239 g/mol. The highest BCUT2D eigenvalue weighted by Crippen LogP contribution is 2.51. The van der Waals surface area contributed by atoms with Gasteiger partial charge in [-0.1, -0.05) is 13.8 Å². The molecule has 2 unspecified atom stereocenters. The van der Waals surface area contributed by atoms with Gasteiger partial charge in [0.25, 0.3) is 0 Å². The molecule has 0 bridgehead atoms. The Hall–Kier alpha value is -0.380. The average Bonchev–Trinajstić information content (AvgIpc) is 2.76. The van der Waals surface area contributed by atoms with Crippen LogP contribution in [0.15, 0.2) is 16.8 Å². The second kappa shape index (κ2) is 4.13. The summed E-state index contributed by atoms with van der Waals surface area (Å²) in [6.07, 6.45) is 1.10. The molecule has 16 heavy (non-hydrogen) atoms. The third-order valence-electron chi connectivity index (χ3n) is 4.41. The lowest BCUT2D eigenvalue weighted by molar-refractivity contribution is -0.180. The molecule has 1 aromatic rings. The molecule has 1 aliphatic rings. The molecule has 2 nitrogen and oxygen atoms in total. The zero-order valence-corrected chi connectivity index (χ0v) is 11.4. The fraction of sp³-hybridized carbons (Fsp3) is 0.692. The second-order valence-electron chi connectivity index (χ2n) is 5.43. The lowest BCUT2D eigenvalue weighted by Crippen LogP contribution is -2.67. The summed E-state index contributed by atoms with van der Waals surface area (Å²) in [6, 6.07) is 2.73. The number of nitrogens with one attached hydrogen (secondary N) is 1. The van der Waals surface area contributed by atoms with Gasteiger partial charge < -0.3 is 10.1 Å². The Bertz CT molecular complexity index is 347. The Kier molecular flexibility index (Phi) is 3.12. The maximum absolute atomic E-state index is 5.62. The minimum absolute atomic E-state index is 0.0271. The van der Waals surface area contributed by atoms with Gasteiger partial charge in [-0.15, -0.1) is 0 Å². The van der Waals surface area contributed by atoms with Gasteiger partial charge in [0.1, 0.15) is 0 Å². The molecule has 0 saturated heterocycles. The third kappa shape index (κ3) is 1.81. The van der Waals surface area contributed by atoms with Crippen LogP contribution < -0.4 is 5.32 Å². The van der Waals surface area contributed by atoms with Crippen LogP contribution in [0.5, 0.6) is 0 Å². The molecular weight excluding hydrogens is 218 g/mol. The molecule has 1 N–H and O–H groups in total. The molecular formula is C13H21NOS. The first-order valence-corrected chi connectivity index (χ1v) is 6.73. The molecule has 1 fully saturated rings. The Labute approximate surface area is 102 Å². The van der Waals surface area contributed by atoms with Crippen LogP contribution in [0.1, 0.15) is 32.8 Å². The van der Waals surface area contributed by atoms with Crippen molar-refractivity contribution in [2.45, 2.75) is 45.4 Å². The predicted octanol–water partition coefficient (Wildman–Crippen LogP) is 3.04. The van der Waals surface area contributed by atoms with E-state index in [1.54, 1.807) is 11.3 Å². The van der Waals surface area contributed by atoms with E-state index < -0.39 is 0 Å². The van der Waals surface area contributed by atoms with E-state index in [0.717, 1.165) is 13.0 Å². The molecule has 0 spiro atoms. The molecule has 1 heterocycles. The van der Waals surface area contributed by atoms with Crippen molar-refractivity contribution < 1.29 is 4.74 Å². The van der Waals surface area contributed by atoms with E-state index in [9.17, 15) is 0 Å². The normalized spacial score (nSPS) is 32.4. The largest absolute Gasteiger partial charge is 0.378 e. The van der Waals surface area contributed by atoms with Crippen LogP contribution in [-0.2, 0) is 11.3 Å². The lowest BCUT2D eigenvalue weighted by Gasteiger charge is -2.59. The highest BCUT2D eigenvalue weighted by atomic mass is 32.1. The zero-order chi connectivity index (χ0) is 11.8. The molecule has 1 aromatic heterocycles. The topological polar surface area (TPSA) is 21.3 Å². The first-order chi connectivity index (χ1) is 7.49. The van der Waals surface area contributed by atoms with Crippen molar-refractivity contribution in [3.8, 4) is 0 Å². The maximum atomic E-state index is 5.62. The van der Waals surface area contributed by atoms with Crippen molar-refractivity contribution in [1.29, 1.82) is 0 Å². The lowest BCUT2D eigenvalue weighted by atomic mass is 9.56. The number of ether oxygens (including phenoxy) is 1. The highest BCUT2D eigenvalue weighted by Gasteiger charge is 2.57. The second-order valence-corrected chi connectivity index (χ2v) is 6.21. The van der Waals surface area contributed by atoms with Crippen LogP contribution in [0, 0.1) is 5.41 Å². The molecule has 2 atom stereocenters. The summed E-state index contributed by atoms with van der Waals surface area (Å²) in [5.41, 5.74) is 1.61. The van der Waals surface area contributed by atoms with Crippen LogP contribution in [-0.4, -0.2) is 18.8 Å². The van der Waals surface area contributed by atoms with Crippen molar-refractivity contribution in [2.24, 2.45) is 5.41 Å². The van der Waals surface area contributed by atoms with E-state index in [0.29, 0.717) is 6.04 Å². The molecule has 0 radical (unpaired) electrons. The third-order valence-corrected chi connectivity index (χ3v) is 5.14. The van der Waals surface area contributed by atoms with Gasteiger partial charge in [0, 0.05) is 25.1 Å². The van der Waals surface area contributed by atoms with E-state index in [-0.39, 0.29) is 11.0 Å². The quantitative estimate of drug-likeness (QED) is 0.872. The van der Waals surface area contributed by atoms with Crippen LogP contribution in [0.25, 0.3) is 0 Å². The van der Waals surface area contributed by atoms with Gasteiger partial charge in [-0.3, -0.25) is 0 Å². The van der Waals surface area contributed by atoms with Crippen molar-refractivity contribution in [1.82, 2.24) is 5.32 Å². The standard InChI is InChI=1S/C13H21NOS/c1-12(2)11(7-13(12,3)15-4)14-8-10-5-6-16-9-10/h5-6,9,11,14H,7-8H2,1-4H3. The van der Waals surface area contributed by atoms with Crippen LogP contribution >= 0.6 is 11.3 Å². The number of methoxy groups -OCH3 is 1. The Morgan fingerprint density at radius 1 is 1.50 bits per heavy atom. The van der Waals surface area contributed by atoms with Gasteiger partial charge in [-0.2, -0.15) is 11.3 Å². The first-order valence-electron chi connectivity index (χ1n) is 5.79. The van der Waals surface area contributed by atoms with E-state index in [4.69, 9.17) is 4.74 Å². The van der Waals surface area contributed by atoms with E-state index >= 15 is 0 Å². The van der Waals surface area contributed by atoms with Crippen molar-refractivity contribution in [3.63, 3.8) is 0 Å². The summed E-state index contributed by atoms with van der Waals surface area (Å²) in [5.74, 6) is 0. The Morgan fingerprint density at radius 2 is 2.25 bits per heavy atom. The van der Waals surface area contributed by atoms with Crippen LogP contribution in [0.2, 0.25) is 0 Å². The van der Waals surface area contributed by atoms with Crippen LogP contribution in [0.3, 0.4) is 0 Å². The number of thiophene rings is 1. The Balaban J connectivity index is 1.90. The van der Waals surface area contributed by atoms with Gasteiger partial charge in [-0.05, 0) is 35.7 Å². The summed E-state index contributed by atoms with van der Waals surface area (Å²) < 4.78 is 5.62. The van der Waals surface area contributed by atoms with Crippen molar-refractivity contribution in [2.75, 3.05) is 7.11 Å². The molecule has 0 amide bonds. The zero-order valence-electron chi connectivity index (χ0n) is 10.5. The van der Waals surface area contributed by atoms with Gasteiger partial charge in [-0.25, -0.2) is 0 Å². The predicted molar refractivity (Wildman–Crippen MR) is 68.8 cm³/mol. The molecule has 0 aliphatic heterocycles. The fourth-order valence-corrected chi connectivity index (χ4v) is 3.12. The molecule has 1 saturated carbocycles.